The maximum absolute atomic E-state index is 12.0. The number of benzene rings is 1. The van der Waals surface area contributed by atoms with E-state index in [0.29, 0.717) is 24.2 Å². The molecule has 5 heteroatoms. The van der Waals surface area contributed by atoms with Gasteiger partial charge in [-0.25, -0.2) is 4.79 Å². The first-order valence-electron chi connectivity index (χ1n) is 6.70. The smallest absolute Gasteiger partial charge is 0.337 e. The number of nitrogens with two attached hydrogens (primary N) is 1. The zero-order chi connectivity index (χ0) is 15.1. The molecular weight excluding hydrogens is 256 g/mol. The van der Waals surface area contributed by atoms with E-state index in [1.165, 1.54) is 7.11 Å². The minimum atomic E-state index is -0.422. The van der Waals surface area contributed by atoms with Gasteiger partial charge in [-0.3, -0.25) is 4.79 Å². The number of hydrogen-bond acceptors (Lipinski definition) is 4. The highest BCUT2D eigenvalue weighted by Gasteiger charge is 2.13. The number of carbonyl (C=O) groups excluding carboxylic acids is 2. The molecule has 1 unspecified atom stereocenters. The van der Waals surface area contributed by atoms with E-state index in [4.69, 9.17) is 5.73 Å². The molecule has 1 rings (SSSR count). The van der Waals surface area contributed by atoms with Crippen molar-refractivity contribution in [3.63, 3.8) is 0 Å². The third-order valence-corrected chi connectivity index (χ3v) is 3.32. The van der Waals surface area contributed by atoms with Crippen LogP contribution in [0.15, 0.2) is 18.2 Å². The Balaban J connectivity index is 2.81. The number of amides is 1. The molecule has 0 saturated heterocycles. The summed E-state index contributed by atoms with van der Waals surface area (Å²) in [5.74, 6) is -0.333. The van der Waals surface area contributed by atoms with Gasteiger partial charge in [0.25, 0.3) is 0 Å². The zero-order valence-electron chi connectivity index (χ0n) is 12.2. The van der Waals surface area contributed by atoms with Crippen molar-refractivity contribution in [2.24, 2.45) is 11.7 Å². The van der Waals surface area contributed by atoms with Gasteiger partial charge in [0.2, 0.25) is 5.91 Å². The maximum atomic E-state index is 12.0. The van der Waals surface area contributed by atoms with Gasteiger partial charge in [0.15, 0.2) is 0 Å². The lowest BCUT2D eigenvalue weighted by molar-refractivity contribution is -0.117. The van der Waals surface area contributed by atoms with E-state index in [-0.39, 0.29) is 11.8 Å². The Labute approximate surface area is 119 Å². The molecule has 3 N–H and O–H groups in total. The molecule has 5 nitrogen and oxygen atoms in total. The van der Waals surface area contributed by atoms with Gasteiger partial charge in [0.1, 0.15) is 0 Å². The van der Waals surface area contributed by atoms with Crippen molar-refractivity contribution >= 4 is 17.6 Å². The van der Waals surface area contributed by atoms with Crippen LogP contribution in [0.3, 0.4) is 0 Å². The predicted molar refractivity (Wildman–Crippen MR) is 78.6 cm³/mol. The molecule has 0 radical (unpaired) electrons. The number of esters is 1. The fourth-order valence-electron chi connectivity index (χ4n) is 1.86. The van der Waals surface area contributed by atoms with Crippen LogP contribution in [0.4, 0.5) is 5.69 Å². The van der Waals surface area contributed by atoms with Gasteiger partial charge in [-0.1, -0.05) is 19.4 Å². The van der Waals surface area contributed by atoms with E-state index < -0.39 is 5.97 Å². The average molecular weight is 278 g/mol. The second kappa shape index (κ2) is 7.65. The fraction of sp³-hybridized carbons (Fsp3) is 0.467. The SMILES string of the molecule is CCC(CN)CC(=O)Nc1cc(C(=O)OC)ccc1C. The lowest BCUT2D eigenvalue weighted by Gasteiger charge is -2.14. The fourth-order valence-corrected chi connectivity index (χ4v) is 1.86. The minimum Gasteiger partial charge on any atom is -0.465 e. The average Bonchev–Trinajstić information content (AvgIpc) is 2.46. The molecule has 110 valence electrons. The highest BCUT2D eigenvalue weighted by atomic mass is 16.5. The topological polar surface area (TPSA) is 81.4 Å². The van der Waals surface area contributed by atoms with Crippen molar-refractivity contribution in [1.29, 1.82) is 0 Å². The quantitative estimate of drug-likeness (QED) is 0.781. The molecule has 1 atom stereocenters. The van der Waals surface area contributed by atoms with E-state index in [2.05, 4.69) is 10.1 Å². The third-order valence-electron chi connectivity index (χ3n) is 3.32. The van der Waals surface area contributed by atoms with Crippen molar-refractivity contribution in [3.8, 4) is 0 Å². The van der Waals surface area contributed by atoms with Gasteiger partial charge < -0.3 is 15.8 Å². The number of anilines is 1. The molecule has 0 aliphatic rings. The predicted octanol–water partition coefficient (Wildman–Crippen LogP) is 2.10. The summed E-state index contributed by atoms with van der Waals surface area (Å²) in [4.78, 5) is 23.4. The first-order valence-corrected chi connectivity index (χ1v) is 6.70. The highest BCUT2D eigenvalue weighted by molar-refractivity contribution is 5.95. The molecule has 1 aromatic rings. The molecule has 0 aliphatic heterocycles. The third kappa shape index (κ3) is 4.35. The zero-order valence-corrected chi connectivity index (χ0v) is 12.2. The Morgan fingerprint density at radius 2 is 2.10 bits per heavy atom. The molecule has 0 fully saturated rings. The molecule has 0 heterocycles. The van der Waals surface area contributed by atoms with E-state index in [0.717, 1.165) is 12.0 Å². The van der Waals surface area contributed by atoms with E-state index in [1.807, 2.05) is 13.8 Å². The van der Waals surface area contributed by atoms with Gasteiger partial charge in [-0.05, 0) is 37.1 Å². The van der Waals surface area contributed by atoms with Crippen LogP contribution >= 0.6 is 0 Å². The van der Waals surface area contributed by atoms with E-state index in [9.17, 15) is 9.59 Å². The standard InChI is InChI=1S/C15H22N2O3/c1-4-11(9-16)7-14(18)17-13-8-12(15(19)20-3)6-5-10(13)2/h5-6,8,11H,4,7,9,16H2,1-3H3,(H,17,18). The molecule has 0 saturated carbocycles. The summed E-state index contributed by atoms with van der Waals surface area (Å²) in [6.45, 7) is 4.37. The second-order valence-electron chi connectivity index (χ2n) is 4.78. The maximum Gasteiger partial charge on any atom is 0.337 e. The Morgan fingerprint density at radius 3 is 2.65 bits per heavy atom. The van der Waals surface area contributed by atoms with E-state index >= 15 is 0 Å². The van der Waals surface area contributed by atoms with Gasteiger partial charge in [-0.15, -0.1) is 0 Å². The number of nitrogens with one attached hydrogen (secondary N) is 1. The van der Waals surface area contributed by atoms with Crippen molar-refractivity contribution in [2.45, 2.75) is 26.7 Å². The van der Waals surface area contributed by atoms with Crippen LogP contribution in [0.5, 0.6) is 0 Å². The van der Waals surface area contributed by atoms with Gasteiger partial charge in [-0.2, -0.15) is 0 Å². The first kappa shape index (κ1) is 16.2. The van der Waals surface area contributed by atoms with Crippen LogP contribution in [0, 0.1) is 12.8 Å². The van der Waals surface area contributed by atoms with Crippen molar-refractivity contribution < 1.29 is 14.3 Å². The molecule has 0 bridgehead atoms. The number of hydrogen-bond donors (Lipinski definition) is 2. The van der Waals surface area contributed by atoms with Crippen molar-refractivity contribution in [3.05, 3.63) is 29.3 Å². The summed E-state index contributed by atoms with van der Waals surface area (Å²) >= 11 is 0. The number of ether oxygens (including phenoxy) is 1. The Kier molecular flexibility index (Phi) is 6.18. The normalized spacial score (nSPS) is 11.8. The second-order valence-corrected chi connectivity index (χ2v) is 4.78. The molecule has 0 aliphatic carbocycles. The summed E-state index contributed by atoms with van der Waals surface area (Å²) in [5, 5.41) is 2.83. The minimum absolute atomic E-state index is 0.0904. The van der Waals surface area contributed by atoms with Crippen molar-refractivity contribution in [2.75, 3.05) is 19.0 Å². The molecular formula is C15H22N2O3. The van der Waals surface area contributed by atoms with Crippen LogP contribution in [0.1, 0.15) is 35.7 Å². The molecule has 20 heavy (non-hydrogen) atoms. The largest absolute Gasteiger partial charge is 0.465 e. The van der Waals surface area contributed by atoms with Crippen LogP contribution in [-0.4, -0.2) is 25.5 Å². The highest BCUT2D eigenvalue weighted by Crippen LogP contribution is 2.18. The molecule has 1 amide bonds. The Hall–Kier alpha value is -1.88. The van der Waals surface area contributed by atoms with Crippen molar-refractivity contribution in [1.82, 2.24) is 0 Å². The number of carbonyl (C=O) groups is 2. The summed E-state index contributed by atoms with van der Waals surface area (Å²) in [5.41, 5.74) is 7.54. The van der Waals surface area contributed by atoms with Crippen LogP contribution in [0.25, 0.3) is 0 Å². The Bertz CT molecular complexity index is 482. The number of aryl methyl sites for hydroxylation is 1. The van der Waals surface area contributed by atoms with Crippen LogP contribution < -0.4 is 11.1 Å². The van der Waals surface area contributed by atoms with Crippen LogP contribution in [0.2, 0.25) is 0 Å². The number of methoxy groups -OCH3 is 1. The lowest BCUT2D eigenvalue weighted by atomic mass is 10.0. The van der Waals surface area contributed by atoms with Crippen LogP contribution in [-0.2, 0) is 9.53 Å². The summed E-state index contributed by atoms with van der Waals surface area (Å²) in [6, 6.07) is 5.08. The molecule has 1 aromatic carbocycles. The number of rotatable bonds is 6. The summed E-state index contributed by atoms with van der Waals surface area (Å²) in [6.07, 6.45) is 1.25. The molecule has 0 spiro atoms. The Morgan fingerprint density at radius 1 is 1.40 bits per heavy atom. The summed E-state index contributed by atoms with van der Waals surface area (Å²) < 4.78 is 4.67. The van der Waals surface area contributed by atoms with E-state index in [1.54, 1.807) is 18.2 Å². The van der Waals surface area contributed by atoms with Gasteiger partial charge >= 0.3 is 5.97 Å². The monoisotopic (exact) mass is 278 g/mol. The summed E-state index contributed by atoms with van der Waals surface area (Å²) in [7, 11) is 1.33. The van der Waals surface area contributed by atoms with Gasteiger partial charge in [0, 0.05) is 12.1 Å². The molecule has 0 aromatic heterocycles. The first-order chi connectivity index (χ1) is 9.51. The lowest BCUT2D eigenvalue weighted by Crippen LogP contribution is -2.22. The van der Waals surface area contributed by atoms with Gasteiger partial charge in [0.05, 0.1) is 12.7 Å².